The van der Waals surface area contributed by atoms with E-state index in [1.807, 2.05) is 13.8 Å². The van der Waals surface area contributed by atoms with E-state index in [0.717, 1.165) is 11.6 Å². The minimum absolute atomic E-state index is 0.0169. The van der Waals surface area contributed by atoms with E-state index in [0.29, 0.717) is 6.04 Å². The molecule has 0 aromatic carbocycles. The lowest BCUT2D eigenvalue weighted by Crippen LogP contribution is -2.17. The van der Waals surface area contributed by atoms with Crippen molar-refractivity contribution in [2.75, 3.05) is 0 Å². The Hall–Kier alpha value is -0.900. The third kappa shape index (κ3) is 1.54. The van der Waals surface area contributed by atoms with Crippen molar-refractivity contribution in [1.29, 1.82) is 0 Å². The van der Waals surface area contributed by atoms with Crippen LogP contribution in [0, 0.1) is 6.92 Å². The van der Waals surface area contributed by atoms with Gasteiger partial charge in [0.25, 0.3) is 0 Å². The molecule has 0 radical (unpaired) electrons. The van der Waals surface area contributed by atoms with Gasteiger partial charge in [0, 0.05) is 6.04 Å². The molecule has 0 bridgehead atoms. The Labute approximate surface area is 84.5 Å². The lowest BCUT2D eigenvalue weighted by Gasteiger charge is -2.17. The molecule has 0 aliphatic heterocycles. The zero-order valence-electron chi connectivity index (χ0n) is 8.90. The molecular weight excluding hydrogens is 176 g/mol. The van der Waals surface area contributed by atoms with Gasteiger partial charge in [-0.3, -0.25) is 0 Å². The second kappa shape index (κ2) is 3.69. The van der Waals surface area contributed by atoms with Crippen LogP contribution in [0.2, 0.25) is 0 Å². The SMILES string of the molecule is Cc1nnc([C@@H](C)N)n1C1CCCC1. The Bertz CT molecular complexity index is 310. The molecule has 1 aromatic rings. The molecule has 1 fully saturated rings. The zero-order chi connectivity index (χ0) is 10.1. The lowest BCUT2D eigenvalue weighted by molar-refractivity contribution is 0.473. The van der Waals surface area contributed by atoms with Crippen molar-refractivity contribution in [3.05, 3.63) is 11.6 Å². The van der Waals surface area contributed by atoms with Gasteiger partial charge in [0.15, 0.2) is 0 Å². The molecule has 1 aliphatic carbocycles. The van der Waals surface area contributed by atoms with Crippen molar-refractivity contribution < 1.29 is 0 Å². The van der Waals surface area contributed by atoms with Crippen LogP contribution in [-0.4, -0.2) is 14.8 Å². The lowest BCUT2D eigenvalue weighted by atomic mass is 10.2. The van der Waals surface area contributed by atoms with Crippen LogP contribution in [0.5, 0.6) is 0 Å². The van der Waals surface area contributed by atoms with Crippen LogP contribution in [0.3, 0.4) is 0 Å². The molecule has 4 nitrogen and oxygen atoms in total. The van der Waals surface area contributed by atoms with Crippen LogP contribution in [-0.2, 0) is 0 Å². The summed E-state index contributed by atoms with van der Waals surface area (Å²) in [5.41, 5.74) is 5.87. The quantitative estimate of drug-likeness (QED) is 0.780. The number of rotatable bonds is 2. The molecule has 0 amide bonds. The summed E-state index contributed by atoms with van der Waals surface area (Å²) in [6, 6.07) is 0.572. The molecule has 1 heterocycles. The highest BCUT2D eigenvalue weighted by atomic mass is 15.3. The van der Waals surface area contributed by atoms with Crippen LogP contribution >= 0.6 is 0 Å². The first-order valence-electron chi connectivity index (χ1n) is 5.37. The van der Waals surface area contributed by atoms with Gasteiger partial charge < -0.3 is 10.3 Å². The number of aryl methyl sites for hydroxylation is 1. The van der Waals surface area contributed by atoms with E-state index in [-0.39, 0.29) is 6.04 Å². The first-order valence-corrected chi connectivity index (χ1v) is 5.37. The Morgan fingerprint density at radius 3 is 2.57 bits per heavy atom. The van der Waals surface area contributed by atoms with E-state index in [2.05, 4.69) is 14.8 Å². The van der Waals surface area contributed by atoms with Crippen molar-refractivity contribution >= 4 is 0 Å². The van der Waals surface area contributed by atoms with E-state index < -0.39 is 0 Å². The van der Waals surface area contributed by atoms with Gasteiger partial charge in [0.2, 0.25) is 0 Å². The molecule has 1 aromatic heterocycles. The average Bonchev–Trinajstić information content (AvgIpc) is 2.71. The van der Waals surface area contributed by atoms with Crippen molar-refractivity contribution in [2.45, 2.75) is 51.6 Å². The smallest absolute Gasteiger partial charge is 0.149 e. The van der Waals surface area contributed by atoms with Gasteiger partial charge in [-0.05, 0) is 26.7 Å². The molecule has 78 valence electrons. The van der Waals surface area contributed by atoms with Gasteiger partial charge in [0.05, 0.1) is 6.04 Å². The highest BCUT2D eigenvalue weighted by Gasteiger charge is 2.23. The largest absolute Gasteiger partial charge is 0.322 e. The van der Waals surface area contributed by atoms with Crippen molar-refractivity contribution in [1.82, 2.24) is 14.8 Å². The van der Waals surface area contributed by atoms with Crippen LogP contribution in [0.15, 0.2) is 0 Å². The maximum Gasteiger partial charge on any atom is 0.149 e. The van der Waals surface area contributed by atoms with E-state index in [4.69, 9.17) is 5.73 Å². The average molecular weight is 194 g/mol. The Morgan fingerprint density at radius 1 is 1.36 bits per heavy atom. The first kappa shape index (κ1) is 9.65. The maximum absolute atomic E-state index is 5.87. The van der Waals surface area contributed by atoms with Crippen LogP contribution < -0.4 is 5.73 Å². The molecule has 1 saturated carbocycles. The number of nitrogens with two attached hydrogens (primary N) is 1. The highest BCUT2D eigenvalue weighted by molar-refractivity contribution is 5.01. The van der Waals surface area contributed by atoms with E-state index in [1.54, 1.807) is 0 Å². The Morgan fingerprint density at radius 2 is 2.00 bits per heavy atom. The summed E-state index contributed by atoms with van der Waals surface area (Å²) in [6.07, 6.45) is 5.14. The summed E-state index contributed by atoms with van der Waals surface area (Å²) in [5.74, 6) is 1.94. The third-order valence-corrected chi connectivity index (χ3v) is 2.99. The normalized spacial score (nSPS) is 20.2. The van der Waals surface area contributed by atoms with Gasteiger partial charge in [-0.25, -0.2) is 0 Å². The summed E-state index contributed by atoms with van der Waals surface area (Å²) in [6.45, 7) is 3.98. The van der Waals surface area contributed by atoms with Gasteiger partial charge in [-0.2, -0.15) is 0 Å². The molecular formula is C10H18N4. The van der Waals surface area contributed by atoms with Crippen LogP contribution in [0.25, 0.3) is 0 Å². The molecule has 4 heteroatoms. The monoisotopic (exact) mass is 194 g/mol. The maximum atomic E-state index is 5.87. The number of hydrogen-bond donors (Lipinski definition) is 1. The Kier molecular flexibility index (Phi) is 2.54. The van der Waals surface area contributed by atoms with Crippen molar-refractivity contribution in [2.24, 2.45) is 5.73 Å². The molecule has 0 saturated heterocycles. The van der Waals surface area contributed by atoms with Gasteiger partial charge in [0.1, 0.15) is 11.6 Å². The minimum Gasteiger partial charge on any atom is -0.322 e. The van der Waals surface area contributed by atoms with Crippen molar-refractivity contribution in [3.8, 4) is 0 Å². The standard InChI is InChI=1S/C10H18N4/c1-7(11)10-13-12-8(2)14(10)9-5-3-4-6-9/h7,9H,3-6,11H2,1-2H3/t7-/m1/s1. The highest BCUT2D eigenvalue weighted by Crippen LogP contribution is 2.31. The third-order valence-electron chi connectivity index (χ3n) is 2.99. The molecule has 2 N–H and O–H groups in total. The second-order valence-electron chi connectivity index (χ2n) is 4.20. The molecule has 14 heavy (non-hydrogen) atoms. The number of aromatic nitrogens is 3. The predicted molar refractivity (Wildman–Crippen MR) is 54.9 cm³/mol. The van der Waals surface area contributed by atoms with Crippen LogP contribution in [0.4, 0.5) is 0 Å². The van der Waals surface area contributed by atoms with Crippen molar-refractivity contribution in [3.63, 3.8) is 0 Å². The predicted octanol–water partition coefficient (Wildman–Crippen LogP) is 1.72. The Balaban J connectivity index is 2.33. The van der Waals surface area contributed by atoms with E-state index in [9.17, 15) is 0 Å². The van der Waals surface area contributed by atoms with E-state index >= 15 is 0 Å². The summed E-state index contributed by atoms with van der Waals surface area (Å²) in [4.78, 5) is 0. The van der Waals surface area contributed by atoms with E-state index in [1.165, 1.54) is 25.7 Å². The minimum atomic E-state index is -0.0169. The van der Waals surface area contributed by atoms with Gasteiger partial charge in [-0.1, -0.05) is 12.8 Å². The fourth-order valence-electron chi connectivity index (χ4n) is 2.31. The topological polar surface area (TPSA) is 56.7 Å². The fourth-order valence-corrected chi connectivity index (χ4v) is 2.31. The summed E-state index contributed by atoms with van der Waals surface area (Å²) in [5, 5.41) is 8.26. The molecule has 1 aliphatic rings. The number of hydrogen-bond acceptors (Lipinski definition) is 3. The summed E-state index contributed by atoms with van der Waals surface area (Å²) < 4.78 is 2.23. The van der Waals surface area contributed by atoms with Crippen LogP contribution in [0.1, 0.15) is 56.3 Å². The van der Waals surface area contributed by atoms with Gasteiger partial charge in [-0.15, -0.1) is 10.2 Å². The second-order valence-corrected chi connectivity index (χ2v) is 4.20. The summed E-state index contributed by atoms with van der Waals surface area (Å²) in [7, 11) is 0. The van der Waals surface area contributed by atoms with Gasteiger partial charge >= 0.3 is 0 Å². The number of nitrogens with zero attached hydrogens (tertiary/aromatic N) is 3. The first-order chi connectivity index (χ1) is 6.70. The molecule has 0 unspecified atom stereocenters. The zero-order valence-corrected chi connectivity index (χ0v) is 8.90. The molecule has 2 rings (SSSR count). The summed E-state index contributed by atoms with van der Waals surface area (Å²) >= 11 is 0. The molecule has 0 spiro atoms. The fraction of sp³-hybridized carbons (Fsp3) is 0.800. The molecule has 1 atom stereocenters.